The van der Waals surface area contributed by atoms with E-state index in [-0.39, 0.29) is 30.4 Å². The number of nitrogens with one attached hydrogen (secondary N) is 1. The van der Waals surface area contributed by atoms with Crippen molar-refractivity contribution in [2.75, 3.05) is 19.7 Å². The molecule has 5 heteroatoms. The highest BCUT2D eigenvalue weighted by atomic mass is 16.3. The van der Waals surface area contributed by atoms with E-state index >= 15 is 0 Å². The Kier molecular flexibility index (Phi) is 7.44. The second-order valence-electron chi connectivity index (χ2n) is 6.72. The fourth-order valence-corrected chi connectivity index (χ4v) is 3.50. The summed E-state index contributed by atoms with van der Waals surface area (Å²) in [5, 5.41) is 12.6. The second kappa shape index (κ2) is 9.56. The molecule has 0 heterocycles. The van der Waals surface area contributed by atoms with Crippen molar-refractivity contribution in [3.8, 4) is 0 Å². The Morgan fingerprint density at radius 3 is 2.24 bits per heavy atom. The van der Waals surface area contributed by atoms with Crippen LogP contribution in [0, 0.1) is 5.92 Å². The molecule has 0 saturated heterocycles. The number of aliphatic hydroxyl groups excluding tert-OH is 1. The van der Waals surface area contributed by atoms with Crippen LogP contribution in [0.2, 0.25) is 0 Å². The van der Waals surface area contributed by atoms with Crippen molar-refractivity contribution in [1.29, 1.82) is 0 Å². The van der Waals surface area contributed by atoms with E-state index < -0.39 is 0 Å². The van der Waals surface area contributed by atoms with E-state index in [0.717, 1.165) is 32.1 Å². The summed E-state index contributed by atoms with van der Waals surface area (Å²) in [5.41, 5.74) is 1.15. The Bertz CT molecular complexity index is 567. The Hall–Kier alpha value is -1.88. The Balaban J connectivity index is 2.03. The zero-order valence-corrected chi connectivity index (χ0v) is 15.3. The van der Waals surface area contributed by atoms with Crippen LogP contribution in [0.5, 0.6) is 0 Å². The minimum Gasteiger partial charge on any atom is -0.396 e. The number of hydrogen-bond acceptors (Lipinski definition) is 3. The van der Waals surface area contributed by atoms with Gasteiger partial charge in [0.05, 0.1) is 0 Å². The van der Waals surface area contributed by atoms with Gasteiger partial charge in [0.2, 0.25) is 0 Å². The van der Waals surface area contributed by atoms with Crippen LogP contribution < -0.4 is 5.32 Å². The Labute approximate surface area is 150 Å². The normalized spacial score (nSPS) is 20.6. The summed E-state index contributed by atoms with van der Waals surface area (Å²) in [4.78, 5) is 26.6. The molecule has 1 aliphatic rings. The summed E-state index contributed by atoms with van der Waals surface area (Å²) in [7, 11) is 0. The lowest BCUT2D eigenvalue weighted by Gasteiger charge is -2.24. The number of nitrogens with zero attached hydrogens (tertiary/aromatic N) is 1. The fraction of sp³-hybridized carbons (Fsp3) is 0.600. The molecule has 138 valence electrons. The molecule has 2 amide bonds. The van der Waals surface area contributed by atoms with Gasteiger partial charge in [-0.25, -0.2) is 0 Å². The number of carbonyl (C=O) groups is 2. The first-order chi connectivity index (χ1) is 12.1. The number of carbonyl (C=O) groups excluding carboxylic acids is 2. The van der Waals surface area contributed by atoms with Gasteiger partial charge in [-0.1, -0.05) is 19.3 Å². The molecule has 1 aromatic carbocycles. The van der Waals surface area contributed by atoms with Crippen molar-refractivity contribution in [3.63, 3.8) is 0 Å². The van der Waals surface area contributed by atoms with Crippen LogP contribution >= 0.6 is 0 Å². The quantitative estimate of drug-likeness (QED) is 0.778. The second-order valence-corrected chi connectivity index (χ2v) is 6.72. The van der Waals surface area contributed by atoms with E-state index in [1.807, 2.05) is 13.8 Å². The van der Waals surface area contributed by atoms with Gasteiger partial charge >= 0.3 is 0 Å². The van der Waals surface area contributed by atoms with E-state index in [9.17, 15) is 14.7 Å². The highest BCUT2D eigenvalue weighted by Crippen LogP contribution is 2.23. The van der Waals surface area contributed by atoms with E-state index in [2.05, 4.69) is 5.32 Å². The Morgan fingerprint density at radius 1 is 1.04 bits per heavy atom. The molecule has 1 fully saturated rings. The molecule has 5 nitrogen and oxygen atoms in total. The minimum atomic E-state index is -0.132. The summed E-state index contributed by atoms with van der Waals surface area (Å²) >= 11 is 0. The van der Waals surface area contributed by atoms with E-state index in [4.69, 9.17) is 0 Å². The van der Waals surface area contributed by atoms with Crippen LogP contribution in [-0.4, -0.2) is 47.6 Å². The van der Waals surface area contributed by atoms with E-state index in [0.29, 0.717) is 24.2 Å². The van der Waals surface area contributed by atoms with Crippen LogP contribution in [0.15, 0.2) is 24.3 Å². The SMILES string of the molecule is CCN(CC)C(=O)c1ccc(C(=O)NC2CCCCCC2CO)cc1. The summed E-state index contributed by atoms with van der Waals surface area (Å²) in [6, 6.07) is 6.86. The molecule has 0 spiro atoms. The van der Waals surface area contributed by atoms with Crippen LogP contribution in [0.3, 0.4) is 0 Å². The molecule has 2 atom stereocenters. The molecule has 0 bridgehead atoms. The average molecular weight is 346 g/mol. The number of hydrogen-bond donors (Lipinski definition) is 2. The molecule has 1 aromatic rings. The molecule has 2 rings (SSSR count). The first-order valence-electron chi connectivity index (χ1n) is 9.41. The van der Waals surface area contributed by atoms with Gasteiger partial charge in [0, 0.05) is 42.8 Å². The average Bonchev–Trinajstić information content (AvgIpc) is 2.87. The van der Waals surface area contributed by atoms with Gasteiger partial charge in [-0.15, -0.1) is 0 Å². The van der Waals surface area contributed by atoms with Crippen molar-refractivity contribution in [2.24, 2.45) is 5.92 Å². The van der Waals surface area contributed by atoms with Crippen molar-refractivity contribution in [3.05, 3.63) is 35.4 Å². The Morgan fingerprint density at radius 2 is 1.64 bits per heavy atom. The highest BCUT2D eigenvalue weighted by molar-refractivity contribution is 5.97. The third-order valence-corrected chi connectivity index (χ3v) is 5.15. The number of rotatable bonds is 6. The van der Waals surface area contributed by atoms with Crippen molar-refractivity contribution >= 4 is 11.8 Å². The summed E-state index contributed by atoms with van der Waals surface area (Å²) in [6.07, 6.45) is 5.22. The topological polar surface area (TPSA) is 69.6 Å². The van der Waals surface area contributed by atoms with Gasteiger partial charge < -0.3 is 15.3 Å². The monoisotopic (exact) mass is 346 g/mol. The summed E-state index contributed by atoms with van der Waals surface area (Å²) < 4.78 is 0. The fourth-order valence-electron chi connectivity index (χ4n) is 3.50. The molecule has 1 saturated carbocycles. The maximum atomic E-state index is 12.5. The molecule has 1 aliphatic carbocycles. The van der Waals surface area contributed by atoms with Crippen molar-refractivity contribution in [2.45, 2.75) is 52.0 Å². The van der Waals surface area contributed by atoms with Crippen LogP contribution in [0.25, 0.3) is 0 Å². The lowest BCUT2D eigenvalue weighted by atomic mass is 9.95. The zero-order chi connectivity index (χ0) is 18.2. The smallest absolute Gasteiger partial charge is 0.253 e. The summed E-state index contributed by atoms with van der Waals surface area (Å²) in [6.45, 7) is 5.35. The maximum Gasteiger partial charge on any atom is 0.253 e. The maximum absolute atomic E-state index is 12.5. The van der Waals surface area contributed by atoms with Crippen LogP contribution in [-0.2, 0) is 0 Å². The highest BCUT2D eigenvalue weighted by Gasteiger charge is 2.25. The van der Waals surface area contributed by atoms with Gasteiger partial charge in [-0.2, -0.15) is 0 Å². The lowest BCUT2D eigenvalue weighted by molar-refractivity contribution is 0.0771. The van der Waals surface area contributed by atoms with E-state index in [1.165, 1.54) is 0 Å². The third kappa shape index (κ3) is 5.05. The van der Waals surface area contributed by atoms with Gasteiger partial charge in [0.25, 0.3) is 11.8 Å². The lowest BCUT2D eigenvalue weighted by Crippen LogP contribution is -2.41. The minimum absolute atomic E-state index is 0.0129. The van der Waals surface area contributed by atoms with Crippen LogP contribution in [0.1, 0.15) is 66.7 Å². The van der Waals surface area contributed by atoms with E-state index in [1.54, 1.807) is 29.2 Å². The number of amides is 2. The number of aliphatic hydroxyl groups is 1. The van der Waals surface area contributed by atoms with Gasteiger partial charge in [-0.05, 0) is 51.0 Å². The molecule has 2 unspecified atom stereocenters. The molecule has 0 aliphatic heterocycles. The first kappa shape index (κ1) is 19.4. The largest absolute Gasteiger partial charge is 0.396 e. The molecular weight excluding hydrogens is 316 g/mol. The summed E-state index contributed by atoms with van der Waals surface area (Å²) in [5.74, 6) is -0.0109. The molecule has 25 heavy (non-hydrogen) atoms. The molecular formula is C20H30N2O3. The van der Waals surface area contributed by atoms with Gasteiger partial charge in [0.1, 0.15) is 0 Å². The van der Waals surface area contributed by atoms with Gasteiger partial charge in [0.15, 0.2) is 0 Å². The predicted molar refractivity (Wildman–Crippen MR) is 98.6 cm³/mol. The van der Waals surface area contributed by atoms with Crippen LogP contribution in [0.4, 0.5) is 0 Å². The third-order valence-electron chi connectivity index (χ3n) is 5.15. The predicted octanol–water partition coefficient (Wildman–Crippen LogP) is 2.84. The molecule has 0 aromatic heterocycles. The first-order valence-corrected chi connectivity index (χ1v) is 9.41. The van der Waals surface area contributed by atoms with Crippen molar-refractivity contribution in [1.82, 2.24) is 10.2 Å². The van der Waals surface area contributed by atoms with Gasteiger partial charge in [-0.3, -0.25) is 9.59 Å². The molecule has 0 radical (unpaired) electrons. The zero-order valence-electron chi connectivity index (χ0n) is 15.3. The van der Waals surface area contributed by atoms with Crippen molar-refractivity contribution < 1.29 is 14.7 Å². The standard InChI is InChI=1S/C20H30N2O3/c1-3-22(4-2)20(25)16-12-10-15(11-13-16)19(24)21-18-9-7-5-6-8-17(18)14-23/h10-13,17-18,23H,3-9,14H2,1-2H3,(H,21,24). The number of benzene rings is 1. The molecule has 2 N–H and O–H groups in total.